The number of amides is 1. The fourth-order valence-electron chi connectivity index (χ4n) is 4.25. The molecule has 3 aromatic carbocycles. The van der Waals surface area contributed by atoms with Gasteiger partial charge in [-0.05, 0) is 41.8 Å². The van der Waals surface area contributed by atoms with Gasteiger partial charge < -0.3 is 9.64 Å². The lowest BCUT2D eigenvalue weighted by Crippen LogP contribution is -2.39. The van der Waals surface area contributed by atoms with Crippen molar-refractivity contribution in [2.24, 2.45) is 0 Å². The van der Waals surface area contributed by atoms with E-state index in [2.05, 4.69) is 42.2 Å². The van der Waals surface area contributed by atoms with Crippen LogP contribution in [0, 0.1) is 0 Å². The first-order valence-electron chi connectivity index (χ1n) is 11.5. The Morgan fingerprint density at radius 2 is 1.69 bits per heavy atom. The average molecular weight is 429 g/mol. The van der Waals surface area contributed by atoms with Crippen molar-refractivity contribution in [3.8, 4) is 0 Å². The van der Waals surface area contributed by atoms with Crippen LogP contribution in [0.25, 0.3) is 16.8 Å². The van der Waals surface area contributed by atoms with Crippen LogP contribution in [-0.4, -0.2) is 61.6 Å². The lowest BCUT2D eigenvalue weighted by atomic mass is 10.1. The molecule has 4 heteroatoms. The Bertz CT molecular complexity index is 1060. The minimum Gasteiger partial charge on any atom is -0.379 e. The van der Waals surface area contributed by atoms with Crippen molar-refractivity contribution in [1.82, 2.24) is 9.80 Å². The summed E-state index contributed by atoms with van der Waals surface area (Å²) in [6.07, 6.45) is 3.13. The molecule has 1 heterocycles. The highest BCUT2D eigenvalue weighted by atomic mass is 16.5. The van der Waals surface area contributed by atoms with Gasteiger partial charge in [0.05, 0.1) is 13.2 Å². The number of benzene rings is 3. The molecule has 1 saturated heterocycles. The summed E-state index contributed by atoms with van der Waals surface area (Å²) in [5, 5.41) is 2.26. The first-order valence-corrected chi connectivity index (χ1v) is 11.5. The SMILES string of the molecule is C/C(=C\c1ccccc1)CN(CCCN1CCOCC1)C(=O)c1ccc2ccccc2c1. The highest BCUT2D eigenvalue weighted by molar-refractivity contribution is 5.98. The van der Waals surface area contributed by atoms with Crippen molar-refractivity contribution in [1.29, 1.82) is 0 Å². The predicted octanol–water partition coefficient (Wildman–Crippen LogP) is 5.11. The van der Waals surface area contributed by atoms with Crippen LogP contribution in [0.2, 0.25) is 0 Å². The van der Waals surface area contributed by atoms with E-state index in [0.29, 0.717) is 6.54 Å². The van der Waals surface area contributed by atoms with Gasteiger partial charge in [-0.1, -0.05) is 72.3 Å². The number of morpholine rings is 1. The number of carbonyl (C=O) groups is 1. The second-order valence-electron chi connectivity index (χ2n) is 8.50. The summed E-state index contributed by atoms with van der Waals surface area (Å²) in [4.78, 5) is 17.9. The summed E-state index contributed by atoms with van der Waals surface area (Å²) in [7, 11) is 0. The molecule has 0 bridgehead atoms. The van der Waals surface area contributed by atoms with E-state index in [9.17, 15) is 4.79 Å². The molecule has 32 heavy (non-hydrogen) atoms. The minimum absolute atomic E-state index is 0.0959. The van der Waals surface area contributed by atoms with Crippen LogP contribution in [0.4, 0.5) is 0 Å². The van der Waals surface area contributed by atoms with Gasteiger partial charge >= 0.3 is 0 Å². The zero-order valence-corrected chi connectivity index (χ0v) is 18.9. The molecule has 0 spiro atoms. The lowest BCUT2D eigenvalue weighted by molar-refractivity contribution is 0.0358. The molecular formula is C28H32N2O2. The van der Waals surface area contributed by atoms with E-state index < -0.39 is 0 Å². The Labute approximate surface area is 191 Å². The van der Waals surface area contributed by atoms with E-state index in [1.54, 1.807) is 0 Å². The van der Waals surface area contributed by atoms with Crippen molar-refractivity contribution >= 4 is 22.8 Å². The Morgan fingerprint density at radius 1 is 0.969 bits per heavy atom. The number of fused-ring (bicyclic) bond motifs is 1. The van der Waals surface area contributed by atoms with E-state index in [4.69, 9.17) is 4.74 Å². The van der Waals surface area contributed by atoms with Gasteiger partial charge in [-0.25, -0.2) is 0 Å². The van der Waals surface area contributed by atoms with Crippen molar-refractivity contribution in [2.45, 2.75) is 13.3 Å². The van der Waals surface area contributed by atoms with Crippen molar-refractivity contribution < 1.29 is 9.53 Å². The number of ether oxygens (including phenoxy) is 1. The summed E-state index contributed by atoms with van der Waals surface area (Å²) in [6.45, 7) is 8.03. The molecule has 0 saturated carbocycles. The van der Waals surface area contributed by atoms with Crippen LogP contribution in [0.3, 0.4) is 0 Å². The predicted molar refractivity (Wildman–Crippen MR) is 132 cm³/mol. The third-order valence-corrected chi connectivity index (χ3v) is 5.94. The molecule has 0 unspecified atom stereocenters. The average Bonchev–Trinajstić information content (AvgIpc) is 2.84. The lowest BCUT2D eigenvalue weighted by Gasteiger charge is -2.28. The van der Waals surface area contributed by atoms with E-state index in [0.717, 1.165) is 67.7 Å². The maximum atomic E-state index is 13.5. The maximum Gasteiger partial charge on any atom is 0.254 e. The van der Waals surface area contributed by atoms with Gasteiger partial charge in [-0.2, -0.15) is 0 Å². The van der Waals surface area contributed by atoms with Crippen LogP contribution in [0.5, 0.6) is 0 Å². The summed E-state index contributed by atoms with van der Waals surface area (Å²) in [5.41, 5.74) is 3.09. The molecule has 0 aliphatic carbocycles. The fraction of sp³-hybridized carbons (Fsp3) is 0.321. The fourth-order valence-corrected chi connectivity index (χ4v) is 4.25. The molecule has 4 nitrogen and oxygen atoms in total. The molecule has 1 amide bonds. The van der Waals surface area contributed by atoms with Crippen LogP contribution in [-0.2, 0) is 4.74 Å². The molecule has 0 aromatic heterocycles. The molecule has 0 N–H and O–H groups in total. The molecule has 1 aliphatic heterocycles. The van der Waals surface area contributed by atoms with Gasteiger partial charge in [0.1, 0.15) is 0 Å². The Hall–Kier alpha value is -2.95. The van der Waals surface area contributed by atoms with Gasteiger partial charge in [0.15, 0.2) is 0 Å². The quantitative estimate of drug-likeness (QED) is 0.500. The first-order chi connectivity index (χ1) is 15.7. The third kappa shape index (κ3) is 6.06. The van der Waals surface area contributed by atoms with Gasteiger partial charge in [-0.15, -0.1) is 0 Å². The maximum absolute atomic E-state index is 13.5. The molecule has 0 atom stereocenters. The van der Waals surface area contributed by atoms with Crippen molar-refractivity contribution in [3.05, 3.63) is 89.5 Å². The van der Waals surface area contributed by atoms with E-state index >= 15 is 0 Å². The van der Waals surface area contributed by atoms with Gasteiger partial charge in [0.25, 0.3) is 5.91 Å². The summed E-state index contributed by atoms with van der Waals surface area (Å²) >= 11 is 0. The number of hydrogen-bond acceptors (Lipinski definition) is 3. The molecule has 1 fully saturated rings. The molecular weight excluding hydrogens is 396 g/mol. The topological polar surface area (TPSA) is 32.8 Å². The normalized spacial score (nSPS) is 15.1. The highest BCUT2D eigenvalue weighted by Gasteiger charge is 2.18. The van der Waals surface area contributed by atoms with Crippen LogP contribution < -0.4 is 0 Å². The molecule has 1 aliphatic rings. The number of nitrogens with zero attached hydrogens (tertiary/aromatic N) is 2. The van der Waals surface area contributed by atoms with Crippen LogP contribution in [0.15, 0.2) is 78.4 Å². The Morgan fingerprint density at radius 3 is 2.47 bits per heavy atom. The second-order valence-corrected chi connectivity index (χ2v) is 8.50. The molecule has 3 aromatic rings. The van der Waals surface area contributed by atoms with Crippen molar-refractivity contribution in [3.63, 3.8) is 0 Å². The number of hydrogen-bond donors (Lipinski definition) is 0. The summed E-state index contributed by atoms with van der Waals surface area (Å²) < 4.78 is 5.45. The van der Waals surface area contributed by atoms with Crippen molar-refractivity contribution in [2.75, 3.05) is 45.9 Å². The Balaban J connectivity index is 1.49. The molecule has 4 rings (SSSR count). The van der Waals surface area contributed by atoms with Crippen LogP contribution >= 0.6 is 0 Å². The third-order valence-electron chi connectivity index (χ3n) is 5.94. The first kappa shape index (κ1) is 22.3. The molecule has 0 radical (unpaired) electrons. The van der Waals surface area contributed by atoms with Gasteiger partial charge in [0.2, 0.25) is 0 Å². The molecule has 166 valence electrons. The standard InChI is InChI=1S/C28H32N2O2/c1-23(20-24-8-3-2-4-9-24)22-30(15-7-14-29-16-18-32-19-17-29)28(31)27-13-12-25-10-5-6-11-26(25)21-27/h2-6,8-13,20-21H,7,14-19,22H2,1H3/b23-20+. The number of rotatable bonds is 8. The monoisotopic (exact) mass is 428 g/mol. The van der Waals surface area contributed by atoms with Gasteiger partial charge in [0, 0.05) is 38.3 Å². The van der Waals surface area contributed by atoms with Crippen LogP contribution in [0.1, 0.15) is 29.3 Å². The van der Waals surface area contributed by atoms with E-state index in [1.165, 1.54) is 5.57 Å². The smallest absolute Gasteiger partial charge is 0.254 e. The number of carbonyl (C=O) groups excluding carboxylic acids is 1. The Kier molecular flexibility index (Phi) is 7.70. The van der Waals surface area contributed by atoms with Gasteiger partial charge in [-0.3, -0.25) is 9.69 Å². The van der Waals surface area contributed by atoms with E-state index in [-0.39, 0.29) is 5.91 Å². The second kappa shape index (κ2) is 11.1. The van der Waals surface area contributed by atoms with E-state index in [1.807, 2.05) is 53.4 Å². The minimum atomic E-state index is 0.0959. The largest absolute Gasteiger partial charge is 0.379 e. The summed E-state index contributed by atoms with van der Waals surface area (Å²) in [6, 6.07) is 24.5. The zero-order valence-electron chi connectivity index (χ0n) is 18.9. The highest BCUT2D eigenvalue weighted by Crippen LogP contribution is 2.18. The summed E-state index contributed by atoms with van der Waals surface area (Å²) in [5.74, 6) is 0.0959. The zero-order chi connectivity index (χ0) is 22.2.